The zero-order valence-corrected chi connectivity index (χ0v) is 22.9. The summed E-state index contributed by atoms with van der Waals surface area (Å²) >= 11 is 0. The molecule has 1 saturated heterocycles. The lowest BCUT2D eigenvalue weighted by atomic mass is 10.1. The van der Waals surface area contributed by atoms with Crippen LogP contribution in [0.5, 0.6) is 11.5 Å². The number of nitrogens with zero attached hydrogens (tertiary/aromatic N) is 4. The van der Waals surface area contributed by atoms with Crippen molar-refractivity contribution in [2.75, 3.05) is 32.7 Å². The van der Waals surface area contributed by atoms with E-state index in [0.29, 0.717) is 30.7 Å². The number of phenols is 2. The predicted octanol–water partition coefficient (Wildman–Crippen LogP) is 2.87. The van der Waals surface area contributed by atoms with Crippen molar-refractivity contribution >= 4 is 33.0 Å². The number of carbonyl (C=O) groups is 1. The molecule has 0 atom stereocenters. The summed E-state index contributed by atoms with van der Waals surface area (Å²) in [5.41, 5.74) is 5.61. The molecule has 208 valence electrons. The predicted molar refractivity (Wildman–Crippen MR) is 153 cm³/mol. The molecule has 1 fully saturated rings. The first-order valence-electron chi connectivity index (χ1n) is 12.9. The molecule has 2 heterocycles. The van der Waals surface area contributed by atoms with E-state index in [-0.39, 0.29) is 28.8 Å². The fraction of sp³-hybridized carbons (Fsp3) is 0.241. The summed E-state index contributed by atoms with van der Waals surface area (Å²) in [5.74, 6) is -0.735. The highest BCUT2D eigenvalue weighted by Crippen LogP contribution is 2.27. The number of nitrogens with one attached hydrogen (secondary N) is 1. The van der Waals surface area contributed by atoms with Gasteiger partial charge < -0.3 is 10.2 Å². The summed E-state index contributed by atoms with van der Waals surface area (Å²) in [6.07, 6.45) is 3.12. The maximum Gasteiger partial charge on any atom is 0.268 e. The van der Waals surface area contributed by atoms with Crippen molar-refractivity contribution in [3.05, 3.63) is 89.6 Å². The lowest BCUT2D eigenvalue weighted by Crippen LogP contribution is -2.48. The number of piperazine rings is 1. The Labute approximate surface area is 232 Å². The Kier molecular flexibility index (Phi) is 7.88. The van der Waals surface area contributed by atoms with Gasteiger partial charge in [0.25, 0.3) is 15.9 Å². The minimum absolute atomic E-state index is 0.195. The highest BCUT2D eigenvalue weighted by molar-refractivity contribution is 7.90. The van der Waals surface area contributed by atoms with E-state index in [1.807, 2.05) is 36.1 Å². The second-order valence-corrected chi connectivity index (χ2v) is 11.7. The van der Waals surface area contributed by atoms with Crippen LogP contribution in [0.3, 0.4) is 0 Å². The molecule has 0 radical (unpaired) electrons. The molecule has 4 aromatic rings. The van der Waals surface area contributed by atoms with E-state index in [1.54, 1.807) is 36.5 Å². The van der Waals surface area contributed by atoms with Gasteiger partial charge in [-0.25, -0.2) is 17.8 Å². The molecule has 1 aliphatic rings. The van der Waals surface area contributed by atoms with Crippen LogP contribution in [-0.2, 0) is 21.4 Å². The van der Waals surface area contributed by atoms with E-state index < -0.39 is 10.0 Å². The van der Waals surface area contributed by atoms with Gasteiger partial charge in [0.15, 0.2) is 11.5 Å². The van der Waals surface area contributed by atoms with Gasteiger partial charge in [0.2, 0.25) is 0 Å². The van der Waals surface area contributed by atoms with Crippen LogP contribution in [0.4, 0.5) is 0 Å². The first kappa shape index (κ1) is 27.4. The standard InChI is InChI=1S/C29H31N5O5S/c1-21-6-9-24(10-7-21)40(38,39)34-19-23(25-4-2-3-5-26(25)34)18-32-12-14-33(15-13-32)20-29(37)31-30-17-22-8-11-27(35)28(36)16-22/h2-11,16-17,19,35-36H,12-15,18,20H2,1H3,(H,31,37). The Bertz CT molecular complexity index is 1660. The smallest absolute Gasteiger partial charge is 0.268 e. The van der Waals surface area contributed by atoms with E-state index in [0.717, 1.165) is 29.6 Å². The Hall–Kier alpha value is -4.19. The van der Waals surface area contributed by atoms with Gasteiger partial charge in [0, 0.05) is 44.3 Å². The van der Waals surface area contributed by atoms with Crippen molar-refractivity contribution < 1.29 is 23.4 Å². The summed E-state index contributed by atoms with van der Waals surface area (Å²) in [5, 5.41) is 23.7. The van der Waals surface area contributed by atoms with E-state index in [4.69, 9.17) is 0 Å². The van der Waals surface area contributed by atoms with E-state index in [1.165, 1.54) is 22.3 Å². The fourth-order valence-electron chi connectivity index (χ4n) is 4.75. The highest BCUT2D eigenvalue weighted by Gasteiger charge is 2.24. The third kappa shape index (κ3) is 6.01. The molecule has 3 N–H and O–H groups in total. The number of amides is 1. The van der Waals surface area contributed by atoms with Crippen molar-refractivity contribution in [1.29, 1.82) is 0 Å². The minimum atomic E-state index is -3.74. The van der Waals surface area contributed by atoms with Crippen LogP contribution in [0, 0.1) is 6.92 Å². The van der Waals surface area contributed by atoms with E-state index in [9.17, 15) is 23.4 Å². The molecule has 40 heavy (non-hydrogen) atoms. The Morgan fingerprint density at radius 2 is 1.65 bits per heavy atom. The van der Waals surface area contributed by atoms with Gasteiger partial charge >= 0.3 is 0 Å². The lowest BCUT2D eigenvalue weighted by molar-refractivity contribution is -0.122. The van der Waals surface area contributed by atoms with Crippen LogP contribution in [0.15, 0.2) is 82.9 Å². The number of rotatable bonds is 8. The zero-order chi connectivity index (χ0) is 28.3. The SMILES string of the molecule is Cc1ccc(S(=O)(=O)n2cc(CN3CCN(CC(=O)NN=Cc4ccc(O)c(O)c4)CC3)c3ccccc32)cc1. The Balaban J connectivity index is 1.19. The fourth-order valence-corrected chi connectivity index (χ4v) is 6.14. The second-order valence-electron chi connectivity index (χ2n) is 9.88. The van der Waals surface area contributed by atoms with Crippen LogP contribution >= 0.6 is 0 Å². The number of para-hydroxylation sites is 1. The van der Waals surface area contributed by atoms with Crippen LogP contribution in [-0.4, -0.2) is 77.2 Å². The molecular weight excluding hydrogens is 530 g/mol. The molecule has 0 saturated carbocycles. The molecule has 0 bridgehead atoms. The molecule has 0 spiro atoms. The third-order valence-corrected chi connectivity index (χ3v) is 8.65. The van der Waals surface area contributed by atoms with Gasteiger partial charge in [-0.05, 0) is 54.4 Å². The van der Waals surface area contributed by atoms with Crippen molar-refractivity contribution in [3.8, 4) is 11.5 Å². The van der Waals surface area contributed by atoms with Crippen LogP contribution in [0.2, 0.25) is 0 Å². The van der Waals surface area contributed by atoms with Crippen molar-refractivity contribution in [3.63, 3.8) is 0 Å². The Morgan fingerprint density at radius 3 is 2.38 bits per heavy atom. The molecule has 5 rings (SSSR count). The molecule has 0 unspecified atom stereocenters. The average Bonchev–Trinajstić information content (AvgIpc) is 3.31. The molecule has 0 aliphatic carbocycles. The summed E-state index contributed by atoms with van der Waals surface area (Å²) in [7, 11) is -3.74. The first-order chi connectivity index (χ1) is 19.2. The van der Waals surface area contributed by atoms with Gasteiger partial charge in [0.1, 0.15) is 0 Å². The number of carbonyl (C=O) groups excluding carboxylic acids is 1. The van der Waals surface area contributed by atoms with Crippen molar-refractivity contribution in [1.82, 2.24) is 19.2 Å². The number of fused-ring (bicyclic) bond motifs is 1. The molecule has 11 heteroatoms. The van der Waals surface area contributed by atoms with Crippen molar-refractivity contribution in [2.45, 2.75) is 18.4 Å². The van der Waals surface area contributed by atoms with Gasteiger partial charge in [-0.1, -0.05) is 35.9 Å². The van der Waals surface area contributed by atoms with Crippen molar-refractivity contribution in [2.24, 2.45) is 5.10 Å². The molecular formula is C29H31N5O5S. The van der Waals surface area contributed by atoms with Crippen LogP contribution in [0.1, 0.15) is 16.7 Å². The zero-order valence-electron chi connectivity index (χ0n) is 22.1. The van der Waals surface area contributed by atoms with Gasteiger partial charge in [-0.2, -0.15) is 5.10 Å². The Morgan fingerprint density at radius 1 is 0.950 bits per heavy atom. The maximum atomic E-state index is 13.5. The number of hydrogen-bond donors (Lipinski definition) is 3. The number of phenolic OH excluding ortho intramolecular Hbond substituents is 2. The summed E-state index contributed by atoms with van der Waals surface area (Å²) < 4.78 is 28.3. The average molecular weight is 562 g/mol. The summed E-state index contributed by atoms with van der Waals surface area (Å²) in [6.45, 7) is 5.54. The molecule has 1 aliphatic heterocycles. The van der Waals surface area contributed by atoms with Crippen LogP contribution < -0.4 is 5.43 Å². The second kappa shape index (κ2) is 11.5. The molecule has 10 nitrogen and oxygen atoms in total. The monoisotopic (exact) mass is 561 g/mol. The third-order valence-electron chi connectivity index (χ3n) is 6.97. The van der Waals surface area contributed by atoms with Gasteiger partial charge in [-0.3, -0.25) is 14.6 Å². The number of aromatic hydroxyl groups is 2. The topological polar surface area (TPSA) is 127 Å². The summed E-state index contributed by atoms with van der Waals surface area (Å²) in [6, 6.07) is 18.7. The minimum Gasteiger partial charge on any atom is -0.504 e. The maximum absolute atomic E-state index is 13.5. The quantitative estimate of drug-likeness (QED) is 0.172. The lowest BCUT2D eigenvalue weighted by Gasteiger charge is -2.34. The summed E-state index contributed by atoms with van der Waals surface area (Å²) in [4.78, 5) is 16.9. The molecule has 3 aromatic carbocycles. The normalized spacial score (nSPS) is 15.1. The van der Waals surface area contributed by atoms with Gasteiger partial charge in [0.05, 0.1) is 23.2 Å². The van der Waals surface area contributed by atoms with Crippen LogP contribution in [0.25, 0.3) is 10.9 Å². The highest BCUT2D eigenvalue weighted by atomic mass is 32.2. The number of hydrogen-bond acceptors (Lipinski definition) is 8. The number of benzene rings is 3. The van der Waals surface area contributed by atoms with E-state index >= 15 is 0 Å². The molecule has 1 amide bonds. The number of hydrazone groups is 1. The van der Waals surface area contributed by atoms with Gasteiger partial charge in [-0.15, -0.1) is 0 Å². The molecule has 1 aromatic heterocycles. The number of aryl methyl sites for hydroxylation is 1. The van der Waals surface area contributed by atoms with E-state index in [2.05, 4.69) is 15.4 Å². The number of aromatic nitrogens is 1. The first-order valence-corrected chi connectivity index (χ1v) is 14.3. The largest absolute Gasteiger partial charge is 0.504 e.